The Morgan fingerprint density at radius 2 is 2.15 bits per heavy atom. The minimum absolute atomic E-state index is 0.0959. The maximum Gasteiger partial charge on any atom is 0.266 e. The van der Waals surface area contributed by atoms with Crippen LogP contribution in [0.1, 0.15) is 11.1 Å². The Balaban J connectivity index is 2.16. The van der Waals surface area contributed by atoms with Gasteiger partial charge in [0.2, 0.25) is 0 Å². The van der Waals surface area contributed by atoms with Crippen molar-refractivity contribution in [2.45, 2.75) is 0 Å². The van der Waals surface area contributed by atoms with Crippen LogP contribution >= 0.6 is 24.0 Å². The molecule has 1 heterocycles. The summed E-state index contributed by atoms with van der Waals surface area (Å²) in [4.78, 5) is 14.3. The molecule has 0 bridgehead atoms. The van der Waals surface area contributed by atoms with Crippen LogP contribution in [0.25, 0.3) is 6.08 Å². The van der Waals surface area contributed by atoms with Crippen LogP contribution in [0.2, 0.25) is 0 Å². The number of carbonyl (C=O) groups is 1. The number of hydrogen-bond donors (Lipinski definition) is 0. The second kappa shape index (κ2) is 6.66. The standard InChI is InChI=1S/C14H12N2O2S2/c1-18-7-6-16-13(17)12(20-14(16)19)8-10-2-4-11(9-15)5-3-10/h2-5,8H,6-7H2,1H3/b12-8+. The fourth-order valence-corrected chi connectivity index (χ4v) is 2.99. The minimum Gasteiger partial charge on any atom is -0.383 e. The summed E-state index contributed by atoms with van der Waals surface area (Å²) in [5.41, 5.74) is 1.46. The van der Waals surface area contributed by atoms with Crippen molar-refractivity contribution < 1.29 is 9.53 Å². The fraction of sp³-hybridized carbons (Fsp3) is 0.214. The zero-order chi connectivity index (χ0) is 14.5. The van der Waals surface area contributed by atoms with Crippen molar-refractivity contribution in [3.63, 3.8) is 0 Å². The summed E-state index contributed by atoms with van der Waals surface area (Å²) in [6.07, 6.45) is 1.78. The number of methoxy groups -OCH3 is 1. The molecule has 0 aromatic heterocycles. The molecule has 1 aromatic rings. The van der Waals surface area contributed by atoms with Crippen LogP contribution in [0.15, 0.2) is 29.2 Å². The van der Waals surface area contributed by atoms with Crippen LogP contribution in [-0.4, -0.2) is 35.4 Å². The largest absolute Gasteiger partial charge is 0.383 e. The Morgan fingerprint density at radius 1 is 1.45 bits per heavy atom. The van der Waals surface area contributed by atoms with E-state index in [9.17, 15) is 4.79 Å². The van der Waals surface area contributed by atoms with E-state index in [4.69, 9.17) is 22.2 Å². The summed E-state index contributed by atoms with van der Waals surface area (Å²) in [5.74, 6) is -0.0959. The van der Waals surface area contributed by atoms with Crippen LogP contribution in [0.5, 0.6) is 0 Å². The van der Waals surface area contributed by atoms with E-state index in [2.05, 4.69) is 6.07 Å². The van der Waals surface area contributed by atoms with E-state index in [-0.39, 0.29) is 5.91 Å². The number of thioether (sulfide) groups is 1. The molecular weight excluding hydrogens is 292 g/mol. The van der Waals surface area contributed by atoms with Gasteiger partial charge in [0, 0.05) is 7.11 Å². The third-order valence-corrected chi connectivity index (χ3v) is 4.11. The first-order valence-electron chi connectivity index (χ1n) is 5.90. The van der Waals surface area contributed by atoms with Crippen molar-refractivity contribution in [2.24, 2.45) is 0 Å². The van der Waals surface area contributed by atoms with Gasteiger partial charge < -0.3 is 4.74 Å². The van der Waals surface area contributed by atoms with Crippen molar-refractivity contribution in [1.82, 2.24) is 4.90 Å². The number of thiocarbonyl (C=S) groups is 1. The van der Waals surface area contributed by atoms with Gasteiger partial charge in [0.05, 0.1) is 29.7 Å². The summed E-state index contributed by atoms with van der Waals surface area (Å²) >= 11 is 6.48. The Bertz CT molecular complexity index is 603. The molecule has 1 aliphatic rings. The Morgan fingerprint density at radius 3 is 2.75 bits per heavy atom. The van der Waals surface area contributed by atoms with Crippen molar-refractivity contribution in [3.8, 4) is 6.07 Å². The summed E-state index contributed by atoms with van der Waals surface area (Å²) in [6.45, 7) is 0.919. The van der Waals surface area contributed by atoms with E-state index in [0.717, 1.165) is 5.56 Å². The molecule has 0 atom stereocenters. The molecule has 0 saturated carbocycles. The number of rotatable bonds is 4. The minimum atomic E-state index is -0.0959. The second-order valence-electron chi connectivity index (χ2n) is 4.06. The van der Waals surface area contributed by atoms with E-state index >= 15 is 0 Å². The summed E-state index contributed by atoms with van der Waals surface area (Å²) in [6, 6.07) is 9.11. The lowest BCUT2D eigenvalue weighted by Crippen LogP contribution is -2.31. The van der Waals surface area contributed by atoms with Gasteiger partial charge >= 0.3 is 0 Å². The molecule has 2 rings (SSSR count). The monoisotopic (exact) mass is 304 g/mol. The molecule has 4 nitrogen and oxygen atoms in total. The predicted molar refractivity (Wildman–Crippen MR) is 82.9 cm³/mol. The SMILES string of the molecule is COCCN1C(=O)/C(=C\c2ccc(C#N)cc2)SC1=S. The number of ether oxygens (including phenoxy) is 1. The van der Waals surface area contributed by atoms with E-state index in [1.165, 1.54) is 11.8 Å². The number of carbonyl (C=O) groups excluding carboxylic acids is 1. The van der Waals surface area contributed by atoms with Crippen molar-refractivity contribution in [3.05, 3.63) is 40.3 Å². The molecule has 0 unspecified atom stereocenters. The highest BCUT2D eigenvalue weighted by Crippen LogP contribution is 2.32. The van der Waals surface area contributed by atoms with E-state index < -0.39 is 0 Å². The fourth-order valence-electron chi connectivity index (χ4n) is 1.68. The third kappa shape index (κ3) is 3.25. The molecule has 1 fully saturated rings. The number of amides is 1. The molecule has 20 heavy (non-hydrogen) atoms. The smallest absolute Gasteiger partial charge is 0.266 e. The average molecular weight is 304 g/mol. The Labute approximate surface area is 127 Å². The van der Waals surface area contributed by atoms with Crippen LogP contribution in [-0.2, 0) is 9.53 Å². The number of hydrogen-bond acceptors (Lipinski definition) is 5. The Kier molecular flexibility index (Phi) is 4.90. The average Bonchev–Trinajstić information content (AvgIpc) is 2.72. The maximum absolute atomic E-state index is 12.2. The molecule has 0 spiro atoms. The zero-order valence-corrected chi connectivity index (χ0v) is 12.5. The highest BCUT2D eigenvalue weighted by atomic mass is 32.2. The van der Waals surface area contributed by atoms with Crippen molar-refractivity contribution >= 4 is 40.3 Å². The van der Waals surface area contributed by atoms with Crippen molar-refractivity contribution in [2.75, 3.05) is 20.3 Å². The van der Waals surface area contributed by atoms with Gasteiger partial charge in [-0.3, -0.25) is 9.69 Å². The second-order valence-corrected chi connectivity index (χ2v) is 5.74. The molecule has 102 valence electrons. The van der Waals surface area contributed by atoms with Gasteiger partial charge in [0.25, 0.3) is 5.91 Å². The van der Waals surface area contributed by atoms with Crippen molar-refractivity contribution in [1.29, 1.82) is 5.26 Å². The predicted octanol–water partition coefficient (Wildman–Crippen LogP) is 2.41. The van der Waals surface area contributed by atoms with Crippen LogP contribution in [0, 0.1) is 11.3 Å². The molecular formula is C14H12N2O2S2. The van der Waals surface area contributed by atoms with Crippen LogP contribution in [0.3, 0.4) is 0 Å². The summed E-state index contributed by atoms with van der Waals surface area (Å²) in [7, 11) is 1.59. The maximum atomic E-state index is 12.2. The van der Waals surface area contributed by atoms with E-state index in [1.807, 2.05) is 0 Å². The molecule has 6 heteroatoms. The first-order chi connectivity index (χ1) is 9.65. The molecule has 0 aliphatic carbocycles. The topological polar surface area (TPSA) is 53.3 Å². The van der Waals surface area contributed by atoms with Crippen LogP contribution < -0.4 is 0 Å². The van der Waals surface area contributed by atoms with Gasteiger partial charge in [-0.15, -0.1) is 0 Å². The van der Waals surface area contributed by atoms with Crippen LogP contribution in [0.4, 0.5) is 0 Å². The Hall–Kier alpha value is -1.68. The quantitative estimate of drug-likeness (QED) is 0.631. The highest BCUT2D eigenvalue weighted by molar-refractivity contribution is 8.26. The number of nitrogens with zero attached hydrogens (tertiary/aromatic N) is 2. The normalized spacial score (nSPS) is 16.8. The van der Waals surface area contributed by atoms with Gasteiger partial charge in [-0.05, 0) is 23.8 Å². The zero-order valence-electron chi connectivity index (χ0n) is 10.8. The lowest BCUT2D eigenvalue weighted by molar-refractivity contribution is -0.122. The number of benzene rings is 1. The first-order valence-corrected chi connectivity index (χ1v) is 7.12. The molecule has 0 radical (unpaired) electrons. The first kappa shape index (κ1) is 14.7. The van der Waals surface area contributed by atoms with Gasteiger partial charge in [0.1, 0.15) is 4.32 Å². The summed E-state index contributed by atoms with van der Waals surface area (Å²) in [5, 5.41) is 8.75. The van der Waals surface area contributed by atoms with Gasteiger partial charge in [0.15, 0.2) is 0 Å². The highest BCUT2D eigenvalue weighted by Gasteiger charge is 2.31. The molecule has 0 N–H and O–H groups in total. The molecule has 1 aliphatic heterocycles. The third-order valence-electron chi connectivity index (χ3n) is 2.73. The van der Waals surface area contributed by atoms with E-state index in [0.29, 0.717) is 27.9 Å². The molecule has 1 amide bonds. The number of nitriles is 1. The van der Waals surface area contributed by atoms with Gasteiger partial charge in [-0.2, -0.15) is 5.26 Å². The summed E-state index contributed by atoms with van der Waals surface area (Å²) < 4.78 is 5.51. The van der Waals surface area contributed by atoms with E-state index in [1.54, 1.807) is 42.4 Å². The molecule has 1 aromatic carbocycles. The van der Waals surface area contributed by atoms with Gasteiger partial charge in [-0.25, -0.2) is 0 Å². The lowest BCUT2D eigenvalue weighted by Gasteiger charge is -2.12. The van der Waals surface area contributed by atoms with Gasteiger partial charge in [-0.1, -0.05) is 36.1 Å². The lowest BCUT2D eigenvalue weighted by atomic mass is 10.1. The molecule has 1 saturated heterocycles.